The fraction of sp³-hybridized carbons (Fsp3) is 0.250. The Morgan fingerprint density at radius 3 is 2.52 bits per heavy atom. The highest BCUT2D eigenvalue weighted by Crippen LogP contribution is 2.13. The first-order chi connectivity index (χ1) is 10.1. The maximum atomic E-state index is 12.4. The highest BCUT2D eigenvalue weighted by Gasteiger charge is 2.22. The van der Waals surface area contributed by atoms with Gasteiger partial charge in [0.25, 0.3) is 5.91 Å². The van der Waals surface area contributed by atoms with E-state index in [4.69, 9.17) is 9.52 Å². The molecule has 0 unspecified atom stereocenters. The second kappa shape index (κ2) is 6.74. The molecular weight excluding hydrogens is 270 g/mol. The molecule has 110 valence electrons. The molecule has 0 fully saturated rings. The Morgan fingerprint density at radius 2 is 1.95 bits per heavy atom. The number of benzene rings is 1. The van der Waals surface area contributed by atoms with E-state index in [1.54, 1.807) is 13.0 Å². The van der Waals surface area contributed by atoms with Crippen LogP contribution in [0, 0.1) is 5.92 Å². The number of rotatable bonds is 6. The summed E-state index contributed by atoms with van der Waals surface area (Å²) in [6.07, 6.45) is 2.79. The van der Waals surface area contributed by atoms with Gasteiger partial charge >= 0.3 is 5.97 Å². The number of hydrogen-bond donors (Lipinski definition) is 1. The molecule has 5 nitrogen and oxygen atoms in total. The summed E-state index contributed by atoms with van der Waals surface area (Å²) < 4.78 is 4.92. The summed E-state index contributed by atoms with van der Waals surface area (Å²) in [4.78, 5) is 25.0. The van der Waals surface area contributed by atoms with Gasteiger partial charge in [-0.2, -0.15) is 0 Å². The molecule has 0 saturated heterocycles. The fourth-order valence-corrected chi connectivity index (χ4v) is 2.00. The van der Waals surface area contributed by atoms with Crippen molar-refractivity contribution in [2.75, 3.05) is 6.54 Å². The van der Waals surface area contributed by atoms with E-state index >= 15 is 0 Å². The zero-order valence-electron chi connectivity index (χ0n) is 11.7. The van der Waals surface area contributed by atoms with Crippen molar-refractivity contribution in [3.05, 3.63) is 60.1 Å². The third-order valence-electron chi connectivity index (χ3n) is 3.19. The first-order valence-corrected chi connectivity index (χ1v) is 6.66. The third-order valence-corrected chi connectivity index (χ3v) is 3.19. The molecule has 1 aromatic heterocycles. The lowest BCUT2D eigenvalue weighted by Gasteiger charge is -2.24. The van der Waals surface area contributed by atoms with Crippen LogP contribution in [0.2, 0.25) is 0 Å². The first kappa shape index (κ1) is 14.8. The van der Waals surface area contributed by atoms with Gasteiger partial charge in [0.1, 0.15) is 6.26 Å². The SMILES string of the molecule is C[C@@H](CN(Cc1ccccc1)C(=O)c1ccoc1)C(=O)O. The van der Waals surface area contributed by atoms with Crippen molar-refractivity contribution in [2.24, 2.45) is 5.92 Å². The molecule has 21 heavy (non-hydrogen) atoms. The van der Waals surface area contributed by atoms with Gasteiger partial charge in [0.15, 0.2) is 0 Å². The second-order valence-electron chi connectivity index (χ2n) is 4.92. The third kappa shape index (κ3) is 3.95. The van der Waals surface area contributed by atoms with Gasteiger partial charge in [-0.15, -0.1) is 0 Å². The average molecular weight is 287 g/mol. The number of carboxylic acids is 1. The summed E-state index contributed by atoms with van der Waals surface area (Å²) in [5, 5.41) is 9.05. The highest BCUT2D eigenvalue weighted by molar-refractivity contribution is 5.94. The second-order valence-corrected chi connectivity index (χ2v) is 4.92. The molecule has 2 rings (SSSR count). The molecule has 1 heterocycles. The van der Waals surface area contributed by atoms with Crippen LogP contribution < -0.4 is 0 Å². The predicted molar refractivity (Wildman–Crippen MR) is 76.7 cm³/mol. The van der Waals surface area contributed by atoms with Gasteiger partial charge in [-0.1, -0.05) is 37.3 Å². The molecule has 0 aliphatic carbocycles. The molecular formula is C16H17NO4. The zero-order chi connectivity index (χ0) is 15.2. The van der Waals surface area contributed by atoms with E-state index < -0.39 is 11.9 Å². The molecule has 0 bridgehead atoms. The largest absolute Gasteiger partial charge is 0.481 e. The van der Waals surface area contributed by atoms with Gasteiger partial charge in [0.05, 0.1) is 17.7 Å². The van der Waals surface area contributed by atoms with Crippen LogP contribution in [-0.4, -0.2) is 28.4 Å². The number of carboxylic acid groups (broad SMARTS) is 1. The van der Waals surface area contributed by atoms with Crippen LogP contribution in [-0.2, 0) is 11.3 Å². The van der Waals surface area contributed by atoms with Crippen molar-refractivity contribution in [2.45, 2.75) is 13.5 Å². The van der Waals surface area contributed by atoms with Gasteiger partial charge in [0.2, 0.25) is 0 Å². The number of amides is 1. The van der Waals surface area contributed by atoms with Crippen LogP contribution in [0.3, 0.4) is 0 Å². The Kier molecular flexibility index (Phi) is 4.77. The van der Waals surface area contributed by atoms with Crippen molar-refractivity contribution in [3.63, 3.8) is 0 Å². The molecule has 0 aliphatic heterocycles. The minimum atomic E-state index is -0.923. The molecule has 1 amide bonds. The molecule has 0 spiro atoms. The van der Waals surface area contributed by atoms with E-state index in [2.05, 4.69) is 0 Å². The van der Waals surface area contributed by atoms with Gasteiger partial charge in [0, 0.05) is 13.1 Å². The zero-order valence-corrected chi connectivity index (χ0v) is 11.7. The molecule has 5 heteroatoms. The monoisotopic (exact) mass is 287 g/mol. The molecule has 0 saturated carbocycles. The van der Waals surface area contributed by atoms with Crippen LogP contribution in [0.5, 0.6) is 0 Å². The molecule has 1 aromatic carbocycles. The van der Waals surface area contributed by atoms with Crippen LogP contribution in [0.1, 0.15) is 22.8 Å². The van der Waals surface area contributed by atoms with Gasteiger partial charge < -0.3 is 14.4 Å². The van der Waals surface area contributed by atoms with Gasteiger partial charge in [-0.25, -0.2) is 0 Å². The number of furan rings is 1. The minimum Gasteiger partial charge on any atom is -0.481 e. The maximum absolute atomic E-state index is 12.4. The fourth-order valence-electron chi connectivity index (χ4n) is 2.00. The summed E-state index contributed by atoms with van der Waals surface area (Å²) >= 11 is 0. The summed E-state index contributed by atoms with van der Waals surface area (Å²) in [5.41, 5.74) is 1.37. The minimum absolute atomic E-state index is 0.147. The Morgan fingerprint density at radius 1 is 1.24 bits per heavy atom. The quantitative estimate of drug-likeness (QED) is 0.886. The van der Waals surface area contributed by atoms with E-state index in [1.807, 2.05) is 30.3 Å². The van der Waals surface area contributed by atoms with E-state index in [0.29, 0.717) is 12.1 Å². The Hall–Kier alpha value is -2.56. The van der Waals surface area contributed by atoms with Crippen molar-refractivity contribution in [1.29, 1.82) is 0 Å². The standard InChI is InChI=1S/C16H17NO4/c1-12(16(19)20)9-17(10-13-5-3-2-4-6-13)15(18)14-7-8-21-11-14/h2-8,11-12H,9-10H2,1H3,(H,19,20)/t12-/m0/s1. The van der Waals surface area contributed by atoms with E-state index in [1.165, 1.54) is 17.4 Å². The van der Waals surface area contributed by atoms with Gasteiger partial charge in [-0.05, 0) is 11.6 Å². The Balaban J connectivity index is 2.17. The Bertz CT molecular complexity index is 592. The molecule has 0 radical (unpaired) electrons. The number of nitrogens with zero attached hydrogens (tertiary/aromatic N) is 1. The van der Waals surface area contributed by atoms with E-state index in [0.717, 1.165) is 5.56 Å². The average Bonchev–Trinajstić information content (AvgIpc) is 3.01. The van der Waals surface area contributed by atoms with Crippen LogP contribution in [0.25, 0.3) is 0 Å². The smallest absolute Gasteiger partial charge is 0.308 e. The lowest BCUT2D eigenvalue weighted by molar-refractivity contribution is -0.141. The lowest BCUT2D eigenvalue weighted by Crippen LogP contribution is -2.36. The van der Waals surface area contributed by atoms with Crippen molar-refractivity contribution in [1.82, 2.24) is 4.90 Å². The summed E-state index contributed by atoms with van der Waals surface area (Å²) in [6, 6.07) is 11.0. The van der Waals surface area contributed by atoms with Crippen LogP contribution >= 0.6 is 0 Å². The number of hydrogen-bond acceptors (Lipinski definition) is 3. The number of carbonyl (C=O) groups excluding carboxylic acids is 1. The number of carbonyl (C=O) groups is 2. The first-order valence-electron chi connectivity index (χ1n) is 6.66. The predicted octanol–water partition coefficient (Wildman–Crippen LogP) is 2.64. The van der Waals surface area contributed by atoms with Crippen molar-refractivity contribution < 1.29 is 19.1 Å². The molecule has 2 aromatic rings. The maximum Gasteiger partial charge on any atom is 0.308 e. The Labute approximate surface area is 122 Å². The van der Waals surface area contributed by atoms with E-state index in [9.17, 15) is 9.59 Å². The van der Waals surface area contributed by atoms with Crippen LogP contribution in [0.4, 0.5) is 0 Å². The van der Waals surface area contributed by atoms with Gasteiger partial charge in [-0.3, -0.25) is 9.59 Å². The molecule has 1 N–H and O–H groups in total. The topological polar surface area (TPSA) is 70.8 Å². The summed E-state index contributed by atoms with van der Waals surface area (Å²) in [6.45, 7) is 2.10. The molecule has 1 atom stereocenters. The lowest BCUT2D eigenvalue weighted by atomic mass is 10.1. The highest BCUT2D eigenvalue weighted by atomic mass is 16.4. The summed E-state index contributed by atoms with van der Waals surface area (Å²) in [7, 11) is 0. The normalized spacial score (nSPS) is 11.9. The van der Waals surface area contributed by atoms with Crippen LogP contribution in [0.15, 0.2) is 53.3 Å². The van der Waals surface area contributed by atoms with E-state index in [-0.39, 0.29) is 12.5 Å². The summed E-state index contributed by atoms with van der Waals surface area (Å²) in [5.74, 6) is -1.79. The van der Waals surface area contributed by atoms with Crippen molar-refractivity contribution >= 4 is 11.9 Å². The molecule has 0 aliphatic rings. The number of aliphatic carboxylic acids is 1. The van der Waals surface area contributed by atoms with Crippen molar-refractivity contribution in [3.8, 4) is 0 Å².